The van der Waals surface area contributed by atoms with Crippen molar-refractivity contribution in [3.8, 4) is 0 Å². The lowest BCUT2D eigenvalue weighted by Crippen LogP contribution is -2.19. The molecule has 0 amide bonds. The Bertz CT molecular complexity index is 527. The van der Waals surface area contributed by atoms with Gasteiger partial charge in [0.1, 0.15) is 6.10 Å². The molecule has 3 rings (SSSR count). The molecule has 2 heterocycles. The van der Waals surface area contributed by atoms with Gasteiger partial charge in [0.05, 0.1) is 5.69 Å². The van der Waals surface area contributed by atoms with Crippen LogP contribution in [0.5, 0.6) is 0 Å². The van der Waals surface area contributed by atoms with Gasteiger partial charge < -0.3 is 5.11 Å². The maximum absolute atomic E-state index is 10.5. The normalized spacial score (nSPS) is 20.2. The van der Waals surface area contributed by atoms with E-state index in [-0.39, 0.29) is 5.92 Å². The molecular formula is C15H16N2O. The topological polar surface area (TPSA) is 46.0 Å². The highest BCUT2D eigenvalue weighted by molar-refractivity contribution is 5.28. The summed E-state index contributed by atoms with van der Waals surface area (Å²) in [6.07, 6.45) is 6.12. The maximum atomic E-state index is 10.5. The molecule has 3 heteroatoms. The second kappa shape index (κ2) is 4.86. The smallest absolute Gasteiger partial charge is 0.104 e. The number of aromatic nitrogens is 2. The van der Waals surface area contributed by atoms with E-state index < -0.39 is 6.10 Å². The SMILES string of the molecule is OC(c1ccccn1)C1CCCc2cccnc21. The van der Waals surface area contributed by atoms with Crippen LogP contribution in [0.1, 0.15) is 41.8 Å². The average molecular weight is 240 g/mol. The second-order valence-corrected chi connectivity index (χ2v) is 4.75. The first-order chi connectivity index (χ1) is 8.86. The Kier molecular flexibility index (Phi) is 3.07. The van der Waals surface area contributed by atoms with E-state index in [4.69, 9.17) is 0 Å². The number of fused-ring (bicyclic) bond motifs is 1. The average Bonchev–Trinajstić information content (AvgIpc) is 2.47. The molecule has 0 fully saturated rings. The van der Waals surface area contributed by atoms with Crippen LogP contribution in [0.15, 0.2) is 42.7 Å². The van der Waals surface area contributed by atoms with Crippen LogP contribution in [0, 0.1) is 0 Å². The fraction of sp³-hybridized carbons (Fsp3) is 0.333. The van der Waals surface area contributed by atoms with Crippen molar-refractivity contribution in [1.29, 1.82) is 0 Å². The van der Waals surface area contributed by atoms with E-state index in [0.29, 0.717) is 0 Å². The molecule has 2 aromatic heterocycles. The zero-order valence-corrected chi connectivity index (χ0v) is 10.2. The van der Waals surface area contributed by atoms with Gasteiger partial charge in [-0.15, -0.1) is 0 Å². The fourth-order valence-corrected chi connectivity index (χ4v) is 2.71. The van der Waals surface area contributed by atoms with Crippen LogP contribution in [0.3, 0.4) is 0 Å². The molecule has 2 unspecified atom stereocenters. The van der Waals surface area contributed by atoms with Gasteiger partial charge in [-0.05, 0) is 43.0 Å². The highest BCUT2D eigenvalue weighted by atomic mass is 16.3. The number of hydrogen-bond donors (Lipinski definition) is 1. The number of aryl methyl sites for hydroxylation is 1. The van der Waals surface area contributed by atoms with Crippen molar-refractivity contribution < 1.29 is 5.11 Å². The quantitative estimate of drug-likeness (QED) is 0.877. The largest absolute Gasteiger partial charge is 0.386 e. The Morgan fingerprint density at radius 1 is 1.11 bits per heavy atom. The third-order valence-corrected chi connectivity index (χ3v) is 3.61. The molecule has 0 spiro atoms. The molecular weight excluding hydrogens is 224 g/mol. The van der Waals surface area contributed by atoms with Gasteiger partial charge in [0.2, 0.25) is 0 Å². The van der Waals surface area contributed by atoms with Gasteiger partial charge in [-0.2, -0.15) is 0 Å². The van der Waals surface area contributed by atoms with Crippen molar-refractivity contribution in [3.63, 3.8) is 0 Å². The van der Waals surface area contributed by atoms with Crippen LogP contribution in [0.4, 0.5) is 0 Å². The van der Waals surface area contributed by atoms with Crippen LogP contribution >= 0.6 is 0 Å². The number of pyridine rings is 2. The van der Waals surface area contributed by atoms with Gasteiger partial charge in [0.25, 0.3) is 0 Å². The van der Waals surface area contributed by atoms with E-state index in [2.05, 4.69) is 16.0 Å². The Morgan fingerprint density at radius 2 is 2.00 bits per heavy atom. The fourth-order valence-electron chi connectivity index (χ4n) is 2.71. The van der Waals surface area contributed by atoms with E-state index in [1.165, 1.54) is 5.56 Å². The summed E-state index contributed by atoms with van der Waals surface area (Å²) < 4.78 is 0. The standard InChI is InChI=1S/C15H16N2O/c18-15(13-8-1-2-9-16-13)12-7-3-5-11-6-4-10-17-14(11)12/h1-2,4,6,8-10,12,15,18H,3,5,7H2. The van der Waals surface area contributed by atoms with Crippen LogP contribution in [0.2, 0.25) is 0 Å². The lowest BCUT2D eigenvalue weighted by molar-refractivity contribution is 0.129. The lowest BCUT2D eigenvalue weighted by atomic mass is 9.82. The summed E-state index contributed by atoms with van der Waals surface area (Å²) in [4.78, 5) is 8.71. The molecule has 0 saturated carbocycles. The van der Waals surface area contributed by atoms with Gasteiger partial charge in [0.15, 0.2) is 0 Å². The molecule has 0 aliphatic heterocycles. The van der Waals surface area contributed by atoms with Crippen molar-refractivity contribution >= 4 is 0 Å². The molecule has 0 radical (unpaired) electrons. The highest BCUT2D eigenvalue weighted by Crippen LogP contribution is 2.38. The number of aliphatic hydroxyl groups excluding tert-OH is 1. The molecule has 92 valence electrons. The molecule has 0 bridgehead atoms. The summed E-state index contributed by atoms with van der Waals surface area (Å²) in [5, 5.41) is 10.5. The molecule has 2 atom stereocenters. The first-order valence-corrected chi connectivity index (χ1v) is 6.39. The lowest BCUT2D eigenvalue weighted by Gasteiger charge is -2.27. The Labute approximate surface area is 107 Å². The Hall–Kier alpha value is -1.74. The van der Waals surface area contributed by atoms with Crippen LogP contribution in [0.25, 0.3) is 0 Å². The van der Waals surface area contributed by atoms with Crippen molar-refractivity contribution in [1.82, 2.24) is 9.97 Å². The second-order valence-electron chi connectivity index (χ2n) is 4.75. The summed E-state index contributed by atoms with van der Waals surface area (Å²) in [6.45, 7) is 0. The van der Waals surface area contributed by atoms with Crippen molar-refractivity contribution in [3.05, 3.63) is 59.7 Å². The zero-order valence-electron chi connectivity index (χ0n) is 10.2. The van der Waals surface area contributed by atoms with Gasteiger partial charge in [0, 0.05) is 24.0 Å². The monoisotopic (exact) mass is 240 g/mol. The molecule has 3 nitrogen and oxygen atoms in total. The summed E-state index contributed by atoms with van der Waals surface area (Å²) >= 11 is 0. The summed E-state index contributed by atoms with van der Waals surface area (Å²) in [5.41, 5.74) is 3.05. The van der Waals surface area contributed by atoms with E-state index in [0.717, 1.165) is 30.7 Å². The minimum Gasteiger partial charge on any atom is -0.386 e. The first-order valence-electron chi connectivity index (χ1n) is 6.39. The van der Waals surface area contributed by atoms with Crippen molar-refractivity contribution in [2.45, 2.75) is 31.3 Å². The Balaban J connectivity index is 1.94. The van der Waals surface area contributed by atoms with Crippen molar-refractivity contribution in [2.24, 2.45) is 0 Å². The van der Waals surface area contributed by atoms with E-state index in [1.54, 1.807) is 6.20 Å². The minimum absolute atomic E-state index is 0.0739. The first kappa shape index (κ1) is 11.4. The van der Waals surface area contributed by atoms with E-state index in [1.807, 2.05) is 30.5 Å². The van der Waals surface area contributed by atoms with E-state index >= 15 is 0 Å². The third-order valence-electron chi connectivity index (χ3n) is 3.61. The van der Waals surface area contributed by atoms with Crippen molar-refractivity contribution in [2.75, 3.05) is 0 Å². The van der Waals surface area contributed by atoms with Gasteiger partial charge in [-0.1, -0.05) is 12.1 Å². The molecule has 1 aliphatic carbocycles. The Morgan fingerprint density at radius 3 is 2.83 bits per heavy atom. The molecule has 1 aliphatic rings. The minimum atomic E-state index is -0.555. The summed E-state index contributed by atoms with van der Waals surface area (Å²) in [7, 11) is 0. The van der Waals surface area contributed by atoms with Crippen LogP contribution in [-0.2, 0) is 6.42 Å². The van der Waals surface area contributed by atoms with Crippen LogP contribution in [-0.4, -0.2) is 15.1 Å². The van der Waals surface area contributed by atoms with E-state index in [9.17, 15) is 5.11 Å². The highest BCUT2D eigenvalue weighted by Gasteiger charge is 2.29. The molecule has 2 aromatic rings. The summed E-state index contributed by atoms with van der Waals surface area (Å²) in [6, 6.07) is 9.73. The van der Waals surface area contributed by atoms with Gasteiger partial charge in [-0.3, -0.25) is 9.97 Å². The van der Waals surface area contributed by atoms with Gasteiger partial charge in [-0.25, -0.2) is 0 Å². The maximum Gasteiger partial charge on any atom is 0.104 e. The predicted octanol–water partition coefficient (Wildman–Crippen LogP) is 2.63. The third kappa shape index (κ3) is 2.02. The number of rotatable bonds is 2. The number of nitrogens with zero attached hydrogens (tertiary/aromatic N) is 2. The molecule has 1 N–H and O–H groups in total. The molecule has 0 saturated heterocycles. The predicted molar refractivity (Wildman–Crippen MR) is 69.1 cm³/mol. The summed E-state index contributed by atoms with van der Waals surface area (Å²) in [5.74, 6) is 0.0739. The molecule has 18 heavy (non-hydrogen) atoms. The number of hydrogen-bond acceptors (Lipinski definition) is 3. The van der Waals surface area contributed by atoms with Gasteiger partial charge >= 0.3 is 0 Å². The zero-order chi connectivity index (χ0) is 12.4. The molecule has 0 aromatic carbocycles. The number of aliphatic hydroxyl groups is 1. The van der Waals surface area contributed by atoms with Crippen LogP contribution < -0.4 is 0 Å².